The van der Waals surface area contributed by atoms with Gasteiger partial charge >= 0.3 is 12.1 Å². The number of ether oxygens (including phenoxy) is 1. The van der Waals surface area contributed by atoms with Crippen LogP contribution in [0.5, 0.6) is 0 Å². The average Bonchev–Trinajstić information content (AvgIpc) is 2.14. The molecule has 9 heteroatoms. The summed E-state index contributed by atoms with van der Waals surface area (Å²) >= 11 is 0. The van der Waals surface area contributed by atoms with Gasteiger partial charge in [0, 0.05) is 7.11 Å². The van der Waals surface area contributed by atoms with Gasteiger partial charge in [-0.15, -0.1) is 0 Å². The topological polar surface area (TPSA) is 87.7 Å². The van der Waals surface area contributed by atoms with E-state index < -0.39 is 37.2 Å². The number of halogens is 3. The fraction of sp³-hybridized carbons (Fsp3) is 0.750. The zero-order chi connectivity index (χ0) is 13.5. The SMILES string of the molecule is COCC(NC(=O)CNCC(F)(F)F)C(=O)O. The van der Waals surface area contributed by atoms with Crippen molar-refractivity contribution in [2.24, 2.45) is 0 Å². The number of carboxylic acids is 1. The molecular formula is C8H13F3N2O4. The molecule has 17 heavy (non-hydrogen) atoms. The number of methoxy groups -OCH3 is 1. The minimum absolute atomic E-state index is 0.264. The quantitative estimate of drug-likeness (QED) is 0.565. The first-order chi connectivity index (χ1) is 7.76. The summed E-state index contributed by atoms with van der Waals surface area (Å²) in [5.41, 5.74) is 0. The van der Waals surface area contributed by atoms with Crippen LogP contribution in [-0.4, -0.2) is 56.0 Å². The van der Waals surface area contributed by atoms with Gasteiger partial charge in [0.05, 0.1) is 19.7 Å². The van der Waals surface area contributed by atoms with E-state index in [0.717, 1.165) is 0 Å². The number of nitrogens with one attached hydrogen (secondary N) is 2. The second-order valence-corrected chi connectivity index (χ2v) is 3.13. The molecule has 0 heterocycles. The maximum absolute atomic E-state index is 11.7. The van der Waals surface area contributed by atoms with E-state index in [9.17, 15) is 22.8 Å². The molecule has 0 aliphatic carbocycles. The summed E-state index contributed by atoms with van der Waals surface area (Å²) in [5, 5.41) is 12.5. The lowest BCUT2D eigenvalue weighted by Gasteiger charge is -2.14. The van der Waals surface area contributed by atoms with Crippen LogP contribution >= 0.6 is 0 Å². The third kappa shape index (κ3) is 8.46. The Balaban J connectivity index is 3.95. The third-order valence-electron chi connectivity index (χ3n) is 1.58. The zero-order valence-corrected chi connectivity index (χ0v) is 9.00. The van der Waals surface area contributed by atoms with Crippen molar-refractivity contribution in [2.75, 3.05) is 26.8 Å². The second-order valence-electron chi connectivity index (χ2n) is 3.13. The Bertz CT molecular complexity index is 270. The highest BCUT2D eigenvalue weighted by atomic mass is 19.4. The lowest BCUT2D eigenvalue weighted by molar-refractivity contribution is -0.143. The van der Waals surface area contributed by atoms with Crippen LogP contribution in [0.4, 0.5) is 13.2 Å². The molecule has 0 aromatic rings. The standard InChI is InChI=1S/C8H13F3N2O4/c1-17-3-5(7(15)16)13-6(14)2-12-4-8(9,10)11/h5,12H,2-4H2,1H3,(H,13,14)(H,15,16). The summed E-state index contributed by atoms with van der Waals surface area (Å²) in [6.07, 6.45) is -4.42. The maximum Gasteiger partial charge on any atom is 0.401 e. The van der Waals surface area contributed by atoms with Crippen LogP contribution in [0.3, 0.4) is 0 Å². The van der Waals surface area contributed by atoms with Crippen LogP contribution in [0.25, 0.3) is 0 Å². The summed E-state index contributed by atoms with van der Waals surface area (Å²) in [4.78, 5) is 21.6. The Morgan fingerprint density at radius 3 is 2.41 bits per heavy atom. The summed E-state index contributed by atoms with van der Waals surface area (Å²) in [5.74, 6) is -2.17. The fourth-order valence-corrected chi connectivity index (χ4v) is 0.904. The normalized spacial score (nSPS) is 13.2. The Morgan fingerprint density at radius 1 is 1.41 bits per heavy atom. The monoisotopic (exact) mass is 258 g/mol. The van der Waals surface area contributed by atoms with Crippen molar-refractivity contribution in [3.8, 4) is 0 Å². The van der Waals surface area contributed by atoms with Crippen molar-refractivity contribution in [1.82, 2.24) is 10.6 Å². The number of hydrogen-bond acceptors (Lipinski definition) is 4. The molecule has 1 unspecified atom stereocenters. The number of alkyl halides is 3. The summed E-state index contributed by atoms with van der Waals surface area (Å²) in [7, 11) is 1.24. The van der Waals surface area contributed by atoms with E-state index in [1.165, 1.54) is 7.11 Å². The third-order valence-corrected chi connectivity index (χ3v) is 1.58. The van der Waals surface area contributed by atoms with Crippen LogP contribution in [0.15, 0.2) is 0 Å². The number of hydrogen-bond donors (Lipinski definition) is 3. The van der Waals surface area contributed by atoms with Crippen molar-refractivity contribution in [3.05, 3.63) is 0 Å². The van der Waals surface area contributed by atoms with Gasteiger partial charge in [-0.3, -0.25) is 4.79 Å². The van der Waals surface area contributed by atoms with E-state index >= 15 is 0 Å². The van der Waals surface area contributed by atoms with E-state index in [1.54, 1.807) is 0 Å². The van der Waals surface area contributed by atoms with Crippen LogP contribution in [0, 0.1) is 0 Å². The van der Waals surface area contributed by atoms with Gasteiger partial charge < -0.3 is 20.5 Å². The van der Waals surface area contributed by atoms with Gasteiger partial charge in [0.15, 0.2) is 6.04 Å². The minimum Gasteiger partial charge on any atom is -0.480 e. The molecule has 0 fully saturated rings. The van der Waals surface area contributed by atoms with Gasteiger partial charge in [-0.05, 0) is 0 Å². The zero-order valence-electron chi connectivity index (χ0n) is 9.00. The highest BCUT2D eigenvalue weighted by molar-refractivity contribution is 5.84. The molecule has 0 saturated carbocycles. The molecule has 0 aliphatic heterocycles. The minimum atomic E-state index is -4.42. The summed E-state index contributed by atoms with van der Waals surface area (Å²) < 4.78 is 39.7. The van der Waals surface area contributed by atoms with Crippen molar-refractivity contribution in [2.45, 2.75) is 12.2 Å². The maximum atomic E-state index is 11.7. The van der Waals surface area contributed by atoms with Gasteiger partial charge in [-0.1, -0.05) is 0 Å². The van der Waals surface area contributed by atoms with Crippen molar-refractivity contribution >= 4 is 11.9 Å². The highest BCUT2D eigenvalue weighted by Crippen LogP contribution is 2.11. The van der Waals surface area contributed by atoms with Crippen molar-refractivity contribution in [1.29, 1.82) is 0 Å². The van der Waals surface area contributed by atoms with Crippen molar-refractivity contribution in [3.63, 3.8) is 0 Å². The number of aliphatic carboxylic acids is 1. The predicted molar refractivity (Wildman–Crippen MR) is 50.4 cm³/mol. The molecule has 1 amide bonds. The number of carbonyl (C=O) groups excluding carboxylic acids is 1. The largest absolute Gasteiger partial charge is 0.480 e. The van der Waals surface area contributed by atoms with E-state index in [2.05, 4.69) is 4.74 Å². The number of amides is 1. The smallest absolute Gasteiger partial charge is 0.401 e. The Labute approximate surface area is 95.1 Å². The molecule has 0 spiro atoms. The first-order valence-corrected chi connectivity index (χ1v) is 4.55. The number of carbonyl (C=O) groups is 2. The molecule has 0 aromatic heterocycles. The van der Waals surface area contributed by atoms with Crippen LogP contribution in [0.1, 0.15) is 0 Å². The van der Waals surface area contributed by atoms with E-state index in [0.29, 0.717) is 0 Å². The molecular weight excluding hydrogens is 245 g/mol. The van der Waals surface area contributed by atoms with Gasteiger partial charge in [-0.25, -0.2) is 4.79 Å². The molecule has 1 atom stereocenters. The Kier molecular flexibility index (Phi) is 6.51. The fourth-order valence-electron chi connectivity index (χ4n) is 0.904. The van der Waals surface area contributed by atoms with E-state index in [4.69, 9.17) is 5.11 Å². The molecule has 0 aromatic carbocycles. The van der Waals surface area contributed by atoms with Crippen LogP contribution in [0.2, 0.25) is 0 Å². The average molecular weight is 258 g/mol. The lowest BCUT2D eigenvalue weighted by Crippen LogP contribution is -2.47. The predicted octanol–water partition coefficient (Wildman–Crippen LogP) is -0.646. The molecule has 0 bridgehead atoms. The van der Waals surface area contributed by atoms with E-state index in [1.807, 2.05) is 10.6 Å². The molecule has 3 N–H and O–H groups in total. The summed E-state index contributed by atoms with van der Waals surface area (Å²) in [6, 6.07) is -1.28. The molecule has 6 nitrogen and oxygen atoms in total. The highest BCUT2D eigenvalue weighted by Gasteiger charge is 2.27. The Hall–Kier alpha value is -1.35. The number of rotatable bonds is 7. The molecule has 100 valence electrons. The van der Waals surface area contributed by atoms with Gasteiger partial charge in [0.1, 0.15) is 0 Å². The second kappa shape index (κ2) is 7.07. The van der Waals surface area contributed by atoms with E-state index in [-0.39, 0.29) is 6.61 Å². The molecule has 0 aliphatic rings. The number of carboxylic acid groups (broad SMARTS) is 1. The summed E-state index contributed by atoms with van der Waals surface area (Å²) in [6.45, 7) is -2.20. The molecule has 0 saturated heterocycles. The molecule has 0 rings (SSSR count). The molecule has 0 radical (unpaired) electrons. The first-order valence-electron chi connectivity index (χ1n) is 4.55. The van der Waals surface area contributed by atoms with Gasteiger partial charge in [0.2, 0.25) is 5.91 Å². The van der Waals surface area contributed by atoms with Gasteiger partial charge in [-0.2, -0.15) is 13.2 Å². The van der Waals surface area contributed by atoms with Gasteiger partial charge in [0.25, 0.3) is 0 Å². The lowest BCUT2D eigenvalue weighted by atomic mass is 10.3. The van der Waals surface area contributed by atoms with Crippen molar-refractivity contribution < 1.29 is 32.6 Å². The first kappa shape index (κ1) is 15.7. The van der Waals surface area contributed by atoms with Crippen LogP contribution in [-0.2, 0) is 14.3 Å². The Morgan fingerprint density at radius 2 is 2.00 bits per heavy atom. The van der Waals surface area contributed by atoms with Crippen LogP contribution < -0.4 is 10.6 Å².